The third kappa shape index (κ3) is 4.07. The van der Waals surface area contributed by atoms with Crippen LogP contribution in [0.2, 0.25) is 0 Å². The van der Waals surface area contributed by atoms with Crippen molar-refractivity contribution in [2.75, 3.05) is 13.2 Å². The van der Waals surface area contributed by atoms with E-state index in [0.717, 1.165) is 24.0 Å². The molecule has 1 saturated heterocycles. The minimum absolute atomic E-state index is 0.0552. The van der Waals surface area contributed by atoms with Crippen LogP contribution in [0.3, 0.4) is 0 Å². The number of esters is 2. The predicted octanol–water partition coefficient (Wildman–Crippen LogP) is 2.07. The molecule has 22 heavy (non-hydrogen) atoms. The Morgan fingerprint density at radius 3 is 2.91 bits per heavy atom. The second-order valence-corrected chi connectivity index (χ2v) is 5.70. The summed E-state index contributed by atoms with van der Waals surface area (Å²) in [5.74, 6) is -0.767. The van der Waals surface area contributed by atoms with E-state index >= 15 is 0 Å². The van der Waals surface area contributed by atoms with Gasteiger partial charge in [-0.15, -0.1) is 0 Å². The van der Waals surface area contributed by atoms with Gasteiger partial charge < -0.3 is 14.6 Å². The number of rotatable bonds is 3. The maximum absolute atomic E-state index is 11.7. The molecule has 0 bridgehead atoms. The number of aliphatic hydroxyl groups is 1. The number of hydrogen-bond acceptors (Lipinski definition) is 5. The van der Waals surface area contributed by atoms with Gasteiger partial charge in [0.05, 0.1) is 6.61 Å². The fraction of sp³-hybridized carbons (Fsp3) is 0.529. The lowest BCUT2D eigenvalue weighted by molar-refractivity contribution is -0.140. The minimum atomic E-state index is -0.367. The maximum Gasteiger partial charge on any atom is 0.334 e. The Balaban J connectivity index is 2.16. The van der Waals surface area contributed by atoms with E-state index in [1.807, 2.05) is 12.2 Å². The van der Waals surface area contributed by atoms with E-state index < -0.39 is 0 Å². The Morgan fingerprint density at radius 1 is 1.45 bits per heavy atom. The zero-order valence-corrected chi connectivity index (χ0v) is 12.8. The Bertz CT molecular complexity index is 529. The number of carbonyl (C=O) groups excluding carboxylic acids is 2. The average molecular weight is 306 g/mol. The summed E-state index contributed by atoms with van der Waals surface area (Å²) in [7, 11) is 0. The fourth-order valence-corrected chi connectivity index (χ4v) is 2.80. The summed E-state index contributed by atoms with van der Waals surface area (Å²) in [6.07, 6.45) is 6.43. The molecule has 1 aliphatic carbocycles. The Labute approximate surface area is 130 Å². The number of fused-ring (bicyclic) bond motifs is 1. The largest absolute Gasteiger partial charge is 0.461 e. The van der Waals surface area contributed by atoms with E-state index in [9.17, 15) is 14.7 Å². The lowest BCUT2D eigenvalue weighted by Gasteiger charge is -2.18. The normalized spacial score (nSPS) is 30.5. The number of ether oxygens (including phenoxy) is 2. The van der Waals surface area contributed by atoms with Gasteiger partial charge in [0.25, 0.3) is 0 Å². The summed E-state index contributed by atoms with van der Waals surface area (Å²) in [6.45, 7) is 5.42. The van der Waals surface area contributed by atoms with Gasteiger partial charge in [-0.1, -0.05) is 12.7 Å². The molecule has 0 aromatic rings. The summed E-state index contributed by atoms with van der Waals surface area (Å²) in [4.78, 5) is 22.7. The molecule has 2 atom stereocenters. The fourth-order valence-electron chi connectivity index (χ4n) is 2.80. The van der Waals surface area contributed by atoms with Gasteiger partial charge in [-0.05, 0) is 42.9 Å². The van der Waals surface area contributed by atoms with Gasteiger partial charge in [0.15, 0.2) is 0 Å². The van der Waals surface area contributed by atoms with Crippen molar-refractivity contribution < 1.29 is 24.2 Å². The van der Waals surface area contributed by atoms with E-state index in [4.69, 9.17) is 9.47 Å². The molecule has 0 unspecified atom stereocenters. The molecular weight excluding hydrogens is 284 g/mol. The molecule has 0 amide bonds. The molecule has 0 aromatic carbocycles. The van der Waals surface area contributed by atoms with Crippen LogP contribution in [0.5, 0.6) is 0 Å². The number of hydrogen-bond donors (Lipinski definition) is 1. The van der Waals surface area contributed by atoms with Crippen molar-refractivity contribution in [3.05, 3.63) is 35.5 Å². The number of aliphatic hydroxyl groups excluding tert-OH is 1. The van der Waals surface area contributed by atoms with E-state index in [0.29, 0.717) is 18.4 Å². The summed E-state index contributed by atoms with van der Waals surface area (Å²) >= 11 is 0. The third-order valence-electron chi connectivity index (χ3n) is 4.09. The van der Waals surface area contributed by atoms with Crippen molar-refractivity contribution in [3.8, 4) is 0 Å². The molecule has 1 N–H and O–H groups in total. The molecule has 5 nitrogen and oxygen atoms in total. The van der Waals surface area contributed by atoms with Gasteiger partial charge >= 0.3 is 11.9 Å². The highest BCUT2D eigenvalue weighted by Gasteiger charge is 2.37. The van der Waals surface area contributed by atoms with Gasteiger partial charge in [0.1, 0.15) is 12.7 Å². The van der Waals surface area contributed by atoms with E-state index in [1.54, 1.807) is 0 Å². The standard InChI is InChI=1S/C17H22O5/c1-11-15-7-6-13(10-21-12(2)19)4-3-5-14(9-18)8-16(15)22-17(11)20/h4,8,15-16,18H,1,3,5-7,9-10H2,2H3/b13-4-,14-8-/t15-,16+/m0/s1. The number of carbonyl (C=O) groups is 2. The van der Waals surface area contributed by atoms with Crippen LogP contribution in [0.15, 0.2) is 35.5 Å². The van der Waals surface area contributed by atoms with Crippen molar-refractivity contribution in [1.29, 1.82) is 0 Å². The van der Waals surface area contributed by atoms with Gasteiger partial charge in [-0.3, -0.25) is 4.79 Å². The molecule has 5 heteroatoms. The van der Waals surface area contributed by atoms with E-state index in [-0.39, 0.29) is 37.2 Å². The van der Waals surface area contributed by atoms with Gasteiger partial charge in [-0.2, -0.15) is 0 Å². The first-order valence-corrected chi connectivity index (χ1v) is 7.52. The lowest BCUT2D eigenvalue weighted by atomic mass is 9.88. The van der Waals surface area contributed by atoms with Crippen LogP contribution >= 0.6 is 0 Å². The average Bonchev–Trinajstić information content (AvgIpc) is 2.75. The van der Waals surface area contributed by atoms with Gasteiger partial charge in [0, 0.05) is 18.4 Å². The zero-order chi connectivity index (χ0) is 16.1. The SMILES string of the molecule is C=C1C(=O)O[C@@H]2/C=C(\CO)CC/C=C(\COC(C)=O)CC[C@@H]12. The zero-order valence-electron chi connectivity index (χ0n) is 12.8. The van der Waals surface area contributed by atoms with Crippen LogP contribution in [0.1, 0.15) is 32.6 Å². The highest BCUT2D eigenvalue weighted by atomic mass is 16.6. The Hall–Kier alpha value is -1.88. The molecule has 1 aliphatic heterocycles. The van der Waals surface area contributed by atoms with Crippen LogP contribution in [0, 0.1) is 5.92 Å². The topological polar surface area (TPSA) is 72.8 Å². The van der Waals surface area contributed by atoms with Crippen LogP contribution in [-0.2, 0) is 19.1 Å². The van der Waals surface area contributed by atoms with Crippen LogP contribution in [-0.4, -0.2) is 36.4 Å². The lowest BCUT2D eigenvalue weighted by Crippen LogP contribution is -2.17. The summed E-state index contributed by atoms with van der Waals surface area (Å²) < 4.78 is 10.4. The molecule has 0 radical (unpaired) electrons. The number of allylic oxidation sites excluding steroid dienone is 1. The molecule has 0 aromatic heterocycles. The summed E-state index contributed by atoms with van der Waals surface area (Å²) in [6, 6.07) is 0. The maximum atomic E-state index is 11.7. The molecule has 120 valence electrons. The molecule has 1 heterocycles. The predicted molar refractivity (Wildman–Crippen MR) is 80.9 cm³/mol. The first kappa shape index (κ1) is 16.5. The second-order valence-electron chi connectivity index (χ2n) is 5.70. The smallest absolute Gasteiger partial charge is 0.334 e. The quantitative estimate of drug-likeness (QED) is 0.491. The van der Waals surface area contributed by atoms with Crippen molar-refractivity contribution in [1.82, 2.24) is 0 Å². The van der Waals surface area contributed by atoms with Crippen LogP contribution in [0.4, 0.5) is 0 Å². The molecule has 2 rings (SSSR count). The van der Waals surface area contributed by atoms with E-state index in [1.165, 1.54) is 6.92 Å². The molecule has 0 spiro atoms. The van der Waals surface area contributed by atoms with Crippen molar-refractivity contribution in [2.24, 2.45) is 5.92 Å². The monoisotopic (exact) mass is 306 g/mol. The molecule has 0 saturated carbocycles. The molecule has 2 aliphatic rings. The Kier molecular flexibility index (Phi) is 5.55. The van der Waals surface area contributed by atoms with Crippen LogP contribution in [0.25, 0.3) is 0 Å². The van der Waals surface area contributed by atoms with Crippen molar-refractivity contribution >= 4 is 11.9 Å². The van der Waals surface area contributed by atoms with Crippen LogP contribution < -0.4 is 0 Å². The highest BCUT2D eigenvalue weighted by molar-refractivity contribution is 5.91. The van der Waals surface area contributed by atoms with E-state index in [2.05, 4.69) is 6.58 Å². The first-order valence-electron chi connectivity index (χ1n) is 7.52. The summed E-state index contributed by atoms with van der Waals surface area (Å²) in [5.41, 5.74) is 2.36. The minimum Gasteiger partial charge on any atom is -0.461 e. The third-order valence-corrected chi connectivity index (χ3v) is 4.09. The molecule has 1 fully saturated rings. The van der Waals surface area contributed by atoms with Crippen molar-refractivity contribution in [2.45, 2.75) is 38.7 Å². The first-order chi connectivity index (χ1) is 10.5. The van der Waals surface area contributed by atoms with Gasteiger partial charge in [-0.25, -0.2) is 4.79 Å². The molecular formula is C17H22O5. The second kappa shape index (κ2) is 7.40. The highest BCUT2D eigenvalue weighted by Crippen LogP contribution is 2.34. The Morgan fingerprint density at radius 2 is 2.23 bits per heavy atom. The summed E-state index contributed by atoms with van der Waals surface area (Å²) in [5, 5.41) is 9.44. The van der Waals surface area contributed by atoms with Gasteiger partial charge in [0.2, 0.25) is 0 Å². The van der Waals surface area contributed by atoms with Crippen molar-refractivity contribution in [3.63, 3.8) is 0 Å².